The highest BCUT2D eigenvalue weighted by atomic mass is 35.5. The Morgan fingerprint density at radius 1 is 1.26 bits per heavy atom. The van der Waals surface area contributed by atoms with Crippen molar-refractivity contribution in [3.8, 4) is 16.3 Å². The largest absolute Gasteiger partial charge is 0.414 e. The van der Waals surface area contributed by atoms with Crippen LogP contribution < -0.4 is 10.1 Å². The molecule has 6 rings (SSSR count). The fourth-order valence-electron chi connectivity index (χ4n) is 4.93. The second kappa shape index (κ2) is 8.66. The molecule has 1 saturated carbocycles. The summed E-state index contributed by atoms with van der Waals surface area (Å²) in [6, 6.07) is 14.8. The number of fused-ring (bicyclic) bond motifs is 2. The van der Waals surface area contributed by atoms with Crippen molar-refractivity contribution in [1.29, 1.82) is 0 Å². The van der Waals surface area contributed by atoms with Crippen LogP contribution in [0.2, 0.25) is 5.02 Å². The number of carbonyl (C=O) groups excluding carboxylic acids is 2. The van der Waals surface area contributed by atoms with E-state index in [4.69, 9.17) is 16.3 Å². The van der Waals surface area contributed by atoms with E-state index < -0.39 is 6.09 Å². The molecule has 0 unspecified atom stereocenters. The highest BCUT2D eigenvalue weighted by Crippen LogP contribution is 2.50. The molecular formula is C25H22ClN5O3S. The van der Waals surface area contributed by atoms with Crippen LogP contribution in [0.25, 0.3) is 21.3 Å². The lowest BCUT2D eigenvalue weighted by molar-refractivity contribution is 0.0700. The predicted molar refractivity (Wildman–Crippen MR) is 134 cm³/mol. The lowest BCUT2D eigenvalue weighted by atomic mass is 10.1. The van der Waals surface area contributed by atoms with Gasteiger partial charge >= 0.3 is 6.09 Å². The van der Waals surface area contributed by atoms with Gasteiger partial charge in [-0.2, -0.15) is 0 Å². The molecule has 0 bridgehead atoms. The average molecular weight is 508 g/mol. The first kappa shape index (κ1) is 22.1. The third-order valence-corrected chi connectivity index (χ3v) is 7.92. The van der Waals surface area contributed by atoms with Crippen LogP contribution in [0.1, 0.15) is 21.9 Å². The summed E-state index contributed by atoms with van der Waals surface area (Å²) in [6.07, 6.45) is 0.467. The standard InChI is InChI=1S/C25H22ClN5O3S/c1-13-28-21(22(35-13)14-5-4-6-16(26)9-14)24(32)31-12-15-10-18(15)20(31)11-27-25(33)34-23-17-7-2-3-8-19(17)29-30-23/h2-9,15,18,20H,10-12H2,1H3,(H,27,33)(H,29,30)/t15-,18-,20+/m0/s1. The molecule has 0 radical (unpaired) electrons. The Hall–Kier alpha value is -3.43. The molecule has 1 aliphatic heterocycles. The van der Waals surface area contributed by atoms with Crippen molar-refractivity contribution in [2.45, 2.75) is 19.4 Å². The van der Waals surface area contributed by atoms with Gasteiger partial charge in [0.25, 0.3) is 11.8 Å². The Balaban J connectivity index is 1.17. The molecule has 1 saturated heterocycles. The van der Waals surface area contributed by atoms with Gasteiger partial charge in [0.1, 0.15) is 5.69 Å². The molecular weight excluding hydrogens is 486 g/mol. The second-order valence-electron chi connectivity index (χ2n) is 8.95. The van der Waals surface area contributed by atoms with Crippen molar-refractivity contribution < 1.29 is 14.3 Å². The van der Waals surface area contributed by atoms with Crippen LogP contribution in [0.4, 0.5) is 4.79 Å². The van der Waals surface area contributed by atoms with Gasteiger partial charge in [-0.05, 0) is 55.0 Å². The van der Waals surface area contributed by atoms with Crippen molar-refractivity contribution in [3.63, 3.8) is 0 Å². The maximum atomic E-state index is 13.6. The van der Waals surface area contributed by atoms with E-state index in [1.54, 1.807) is 6.07 Å². The third kappa shape index (κ3) is 4.15. The van der Waals surface area contributed by atoms with Crippen LogP contribution >= 0.6 is 22.9 Å². The van der Waals surface area contributed by atoms with Gasteiger partial charge in [0.2, 0.25) is 0 Å². The summed E-state index contributed by atoms with van der Waals surface area (Å²) >= 11 is 7.67. The Kier molecular flexibility index (Phi) is 5.46. The lowest BCUT2D eigenvalue weighted by Crippen LogP contribution is -2.46. The number of piperidine rings is 1. The number of hydrogen-bond acceptors (Lipinski definition) is 6. The van der Waals surface area contributed by atoms with Crippen LogP contribution in [-0.4, -0.2) is 51.2 Å². The molecule has 3 atom stereocenters. The molecule has 2 aromatic heterocycles. The molecule has 2 N–H and O–H groups in total. The number of nitrogens with zero attached hydrogens (tertiary/aromatic N) is 3. The van der Waals surface area contributed by atoms with Crippen molar-refractivity contribution >= 4 is 45.8 Å². The maximum absolute atomic E-state index is 13.6. The number of H-pyrrole nitrogens is 1. The van der Waals surface area contributed by atoms with Gasteiger partial charge in [0, 0.05) is 18.1 Å². The molecule has 0 spiro atoms. The zero-order chi connectivity index (χ0) is 24.1. The van der Waals surface area contributed by atoms with Crippen molar-refractivity contribution in [3.05, 3.63) is 64.3 Å². The molecule has 10 heteroatoms. The van der Waals surface area contributed by atoms with Gasteiger partial charge in [0.15, 0.2) is 0 Å². The van der Waals surface area contributed by atoms with E-state index in [9.17, 15) is 9.59 Å². The van der Waals surface area contributed by atoms with E-state index in [1.165, 1.54) is 11.3 Å². The molecule has 8 nitrogen and oxygen atoms in total. The van der Waals surface area contributed by atoms with Crippen molar-refractivity contribution in [1.82, 2.24) is 25.4 Å². The van der Waals surface area contributed by atoms with Gasteiger partial charge in [-0.1, -0.05) is 35.9 Å². The van der Waals surface area contributed by atoms with Crippen LogP contribution in [-0.2, 0) is 0 Å². The fourth-order valence-corrected chi connectivity index (χ4v) is 6.02. The molecule has 4 aromatic rings. The van der Waals surface area contributed by atoms with Crippen molar-refractivity contribution in [2.75, 3.05) is 13.1 Å². The van der Waals surface area contributed by atoms with Gasteiger partial charge in [0.05, 0.1) is 26.8 Å². The number of halogens is 1. The minimum absolute atomic E-state index is 0.106. The zero-order valence-electron chi connectivity index (χ0n) is 18.8. The normalized spacial score (nSPS) is 20.6. The van der Waals surface area contributed by atoms with Gasteiger partial charge < -0.3 is 15.0 Å². The predicted octanol–water partition coefficient (Wildman–Crippen LogP) is 4.90. The lowest BCUT2D eigenvalue weighted by Gasteiger charge is -2.27. The number of carbonyl (C=O) groups is 2. The monoisotopic (exact) mass is 507 g/mol. The van der Waals surface area contributed by atoms with E-state index in [2.05, 4.69) is 20.5 Å². The van der Waals surface area contributed by atoms with Gasteiger partial charge in [-0.3, -0.25) is 9.89 Å². The van der Waals surface area contributed by atoms with Crippen molar-refractivity contribution in [2.24, 2.45) is 11.8 Å². The average Bonchev–Trinajstić information content (AvgIpc) is 3.16. The third-order valence-electron chi connectivity index (χ3n) is 6.67. The van der Waals surface area contributed by atoms with Gasteiger partial charge in [-0.25, -0.2) is 9.78 Å². The summed E-state index contributed by atoms with van der Waals surface area (Å²) in [5.41, 5.74) is 2.10. The van der Waals surface area contributed by atoms with Crippen LogP contribution in [0.3, 0.4) is 0 Å². The summed E-state index contributed by atoms with van der Waals surface area (Å²) in [7, 11) is 0. The van der Waals surface area contributed by atoms with E-state index in [1.807, 2.05) is 54.3 Å². The minimum Gasteiger partial charge on any atom is -0.389 e. The first-order valence-electron chi connectivity index (χ1n) is 11.4. The molecule has 35 heavy (non-hydrogen) atoms. The zero-order valence-corrected chi connectivity index (χ0v) is 20.4. The summed E-state index contributed by atoms with van der Waals surface area (Å²) in [4.78, 5) is 33.4. The number of aryl methyl sites for hydroxylation is 1. The van der Waals surface area contributed by atoms with Crippen LogP contribution in [0.15, 0.2) is 48.5 Å². The Labute approximate surface area is 210 Å². The number of likely N-dealkylation sites (tertiary alicyclic amines) is 1. The first-order valence-corrected chi connectivity index (χ1v) is 12.6. The van der Waals surface area contributed by atoms with E-state index in [-0.39, 0.29) is 17.8 Å². The summed E-state index contributed by atoms with van der Waals surface area (Å²) < 4.78 is 5.43. The Bertz CT molecular complexity index is 1450. The topological polar surface area (TPSA) is 100 Å². The number of aromatic amines is 1. The number of benzene rings is 2. The van der Waals surface area contributed by atoms with Gasteiger partial charge in [-0.15, -0.1) is 16.4 Å². The number of thiazole rings is 1. The second-order valence-corrected chi connectivity index (χ2v) is 10.6. The molecule has 178 valence electrons. The number of nitrogens with one attached hydrogen (secondary N) is 2. The van der Waals surface area contributed by atoms with E-state index in [0.717, 1.165) is 32.8 Å². The maximum Gasteiger partial charge on any atom is 0.414 e. The van der Waals surface area contributed by atoms with Crippen LogP contribution in [0.5, 0.6) is 5.88 Å². The molecule has 2 amide bonds. The van der Waals surface area contributed by atoms with E-state index in [0.29, 0.717) is 35.6 Å². The number of aromatic nitrogens is 3. The molecule has 2 aliphatic rings. The summed E-state index contributed by atoms with van der Waals surface area (Å²) in [5.74, 6) is 0.951. The first-order chi connectivity index (χ1) is 17.0. The number of rotatable bonds is 5. The molecule has 2 aromatic carbocycles. The minimum atomic E-state index is -0.595. The number of amides is 2. The fraction of sp³-hybridized carbons (Fsp3) is 0.280. The highest BCUT2D eigenvalue weighted by molar-refractivity contribution is 7.15. The molecule has 2 fully saturated rings. The number of hydrogen-bond donors (Lipinski definition) is 2. The number of para-hydroxylation sites is 1. The summed E-state index contributed by atoms with van der Waals surface area (Å²) in [6.45, 7) is 2.87. The smallest absolute Gasteiger partial charge is 0.389 e. The van der Waals surface area contributed by atoms with Crippen LogP contribution in [0, 0.1) is 18.8 Å². The highest BCUT2D eigenvalue weighted by Gasteiger charge is 2.54. The van der Waals surface area contributed by atoms with E-state index >= 15 is 0 Å². The number of ether oxygens (including phenoxy) is 1. The Morgan fingerprint density at radius 2 is 2.11 bits per heavy atom. The molecule has 3 heterocycles. The summed E-state index contributed by atoms with van der Waals surface area (Å²) in [5, 5.41) is 11.9. The SMILES string of the molecule is Cc1nc(C(=O)N2C[C@@H]3C[C@@H]3[C@H]2CNC(=O)Oc2n[nH]c3ccccc23)c(-c2cccc(Cl)c2)s1. The Morgan fingerprint density at radius 3 is 2.97 bits per heavy atom. The quantitative estimate of drug-likeness (QED) is 0.400. The molecule has 1 aliphatic carbocycles.